The number of aromatic amines is 1. The first kappa shape index (κ1) is 31.6. The highest BCUT2D eigenvalue weighted by Crippen LogP contribution is 2.58. The molecule has 2 unspecified atom stereocenters. The predicted octanol–water partition coefficient (Wildman–Crippen LogP) is 3.25. The van der Waals surface area contributed by atoms with E-state index >= 15 is 0 Å². The smallest absolute Gasteiger partial charge is 0.344 e. The number of phosphoric ester groups is 1. The van der Waals surface area contributed by atoms with Crippen molar-refractivity contribution in [2.45, 2.75) is 83.9 Å². The molecule has 1 aromatic heterocycles. The number of H-pyrrole nitrogens is 1. The Balaban J connectivity index is 1.94. The van der Waals surface area contributed by atoms with Crippen LogP contribution in [0, 0.1) is 29.6 Å². The molecular weight excluding hydrogens is 552 g/mol. The zero-order chi connectivity index (χ0) is 28.8. The summed E-state index contributed by atoms with van der Waals surface area (Å²) >= 11 is 0. The highest BCUT2D eigenvalue weighted by molar-refractivity contribution is 7.48. The van der Waals surface area contributed by atoms with Crippen molar-refractivity contribution < 1.29 is 31.9 Å². The third-order valence-electron chi connectivity index (χ3n) is 6.11. The van der Waals surface area contributed by atoms with Crippen LogP contribution in [0.25, 0.3) is 0 Å². The van der Waals surface area contributed by atoms with Crippen LogP contribution >= 0.6 is 16.3 Å². The summed E-state index contributed by atoms with van der Waals surface area (Å²) in [6.07, 6.45) is 0.103. The minimum absolute atomic E-state index is 0.00517. The van der Waals surface area contributed by atoms with Crippen LogP contribution in [0.1, 0.15) is 58.7 Å². The minimum atomic E-state index is -3.95. The van der Waals surface area contributed by atoms with Crippen LogP contribution < -0.4 is 11.2 Å². The van der Waals surface area contributed by atoms with E-state index in [1.807, 2.05) is 38.4 Å². The summed E-state index contributed by atoms with van der Waals surface area (Å²) in [7, 11) is -5.65. The number of aromatic nitrogens is 2. The van der Waals surface area contributed by atoms with Gasteiger partial charge in [0.05, 0.1) is 51.4 Å². The summed E-state index contributed by atoms with van der Waals surface area (Å²) in [5.41, 5.74) is -2.15. The molecule has 3 rings (SSSR count). The Morgan fingerprint density at radius 1 is 1.18 bits per heavy atom. The zero-order valence-corrected chi connectivity index (χ0v) is 24.5. The first-order valence-electron chi connectivity index (χ1n) is 12.6. The lowest BCUT2D eigenvalue weighted by molar-refractivity contribution is -0.163. The average Bonchev–Trinajstić information content (AvgIpc) is 3.21. The molecule has 0 saturated carbocycles. The van der Waals surface area contributed by atoms with Crippen molar-refractivity contribution in [1.29, 1.82) is 10.5 Å². The molecule has 39 heavy (non-hydrogen) atoms. The molecule has 216 valence electrons. The Kier molecular flexibility index (Phi) is 11.0. The van der Waals surface area contributed by atoms with Crippen molar-refractivity contribution in [3.05, 3.63) is 32.6 Å². The maximum Gasteiger partial charge on any atom is 0.475 e. The van der Waals surface area contributed by atoms with E-state index in [9.17, 15) is 14.2 Å². The van der Waals surface area contributed by atoms with Crippen LogP contribution in [0.4, 0.5) is 0 Å². The van der Waals surface area contributed by atoms with Crippen LogP contribution in [-0.4, -0.2) is 64.4 Å². The van der Waals surface area contributed by atoms with Gasteiger partial charge >= 0.3 is 13.5 Å². The van der Waals surface area contributed by atoms with Gasteiger partial charge in [0.1, 0.15) is 17.9 Å². The first-order chi connectivity index (χ1) is 18.4. The lowest BCUT2D eigenvalue weighted by Gasteiger charge is -2.42. The van der Waals surface area contributed by atoms with Gasteiger partial charge in [0.15, 0.2) is 0 Å². The van der Waals surface area contributed by atoms with Gasteiger partial charge in [-0.2, -0.15) is 10.5 Å². The van der Waals surface area contributed by atoms with Crippen molar-refractivity contribution in [2.75, 3.05) is 26.4 Å². The molecule has 0 aliphatic carbocycles. The van der Waals surface area contributed by atoms with E-state index in [1.165, 1.54) is 10.8 Å². The Morgan fingerprint density at radius 3 is 2.38 bits per heavy atom. The fourth-order valence-electron chi connectivity index (χ4n) is 4.29. The third-order valence-corrected chi connectivity index (χ3v) is 9.63. The van der Waals surface area contributed by atoms with E-state index in [-0.39, 0.29) is 57.8 Å². The van der Waals surface area contributed by atoms with Gasteiger partial charge in [-0.25, -0.2) is 14.0 Å². The molecule has 1 spiro atoms. The second kappa shape index (κ2) is 13.6. The molecule has 2 fully saturated rings. The van der Waals surface area contributed by atoms with Gasteiger partial charge < -0.3 is 13.8 Å². The molecule has 2 aliphatic heterocycles. The zero-order valence-electron chi connectivity index (χ0n) is 22.7. The second-order valence-corrected chi connectivity index (χ2v) is 12.8. The molecule has 0 radical (unpaired) electrons. The van der Waals surface area contributed by atoms with Gasteiger partial charge in [-0.05, 0) is 34.6 Å². The number of hydrogen-bond acceptors (Lipinski definition) is 12. The van der Waals surface area contributed by atoms with Crippen molar-refractivity contribution >= 4 is 16.3 Å². The lowest BCUT2D eigenvalue weighted by Crippen LogP contribution is -2.51. The quantitative estimate of drug-likeness (QED) is 0.279. The van der Waals surface area contributed by atoms with E-state index in [0.717, 1.165) is 0 Å². The van der Waals surface area contributed by atoms with Crippen molar-refractivity contribution in [2.24, 2.45) is 0 Å². The molecule has 2 saturated heterocycles. The average molecular weight is 588 g/mol. The van der Waals surface area contributed by atoms with Gasteiger partial charge in [0.25, 0.3) is 14.1 Å². The Bertz CT molecular complexity index is 1220. The summed E-state index contributed by atoms with van der Waals surface area (Å²) in [6, 6.07) is 4.02. The molecule has 2 aliphatic rings. The van der Waals surface area contributed by atoms with E-state index in [0.29, 0.717) is 5.56 Å². The normalized spacial score (nSPS) is 27.7. The summed E-state index contributed by atoms with van der Waals surface area (Å²) in [4.78, 5) is 26.9. The fourth-order valence-corrected chi connectivity index (χ4v) is 7.39. The lowest BCUT2D eigenvalue weighted by atomic mass is 9.99. The summed E-state index contributed by atoms with van der Waals surface area (Å²) < 4.78 is 51.4. The van der Waals surface area contributed by atoms with Crippen LogP contribution in [0.15, 0.2) is 15.8 Å². The number of nitrogens with one attached hydrogen (secondary N) is 1. The number of nitriles is 2. The summed E-state index contributed by atoms with van der Waals surface area (Å²) in [6.45, 7) is 9.09. The van der Waals surface area contributed by atoms with Crippen LogP contribution in [-0.2, 0) is 31.9 Å². The maximum atomic E-state index is 12.9. The minimum Gasteiger partial charge on any atom is -0.344 e. The van der Waals surface area contributed by atoms with Crippen molar-refractivity contribution in [3.63, 3.8) is 0 Å². The highest BCUT2D eigenvalue weighted by Gasteiger charge is 2.57. The van der Waals surface area contributed by atoms with Gasteiger partial charge in [0.2, 0.25) is 0 Å². The second-order valence-electron chi connectivity index (χ2n) is 9.73. The van der Waals surface area contributed by atoms with Gasteiger partial charge in [-0.1, -0.05) is 0 Å². The summed E-state index contributed by atoms with van der Waals surface area (Å²) in [5.74, 6) is 0. The Labute approximate surface area is 228 Å². The highest BCUT2D eigenvalue weighted by atomic mass is 31.2. The van der Waals surface area contributed by atoms with E-state index in [2.05, 4.69) is 11.1 Å². The fraction of sp³-hybridized carbons (Fsp3) is 0.739. The Morgan fingerprint density at radius 2 is 1.79 bits per heavy atom. The van der Waals surface area contributed by atoms with Gasteiger partial charge in [0, 0.05) is 30.3 Å². The summed E-state index contributed by atoms with van der Waals surface area (Å²) in [5, 5.41) is 17.8. The SMILES string of the molecule is Cc1cn([C@H]2CC(OP(OCCC#N)N(C(C)C)C(C)C)C3(COP(=O)(OCCC#N)OC3)O2)c(=O)[nH]c1=O. The molecule has 0 bridgehead atoms. The van der Waals surface area contributed by atoms with Gasteiger partial charge in [-0.15, -0.1) is 0 Å². The number of ether oxygens (including phenoxy) is 1. The molecule has 3 heterocycles. The number of hydrogen-bond donors (Lipinski definition) is 1. The molecular formula is C23H35N5O9P2. The van der Waals surface area contributed by atoms with Crippen LogP contribution in [0.2, 0.25) is 0 Å². The number of rotatable bonds is 12. The predicted molar refractivity (Wildman–Crippen MR) is 139 cm³/mol. The first-order valence-corrected chi connectivity index (χ1v) is 15.2. The number of phosphoric acid groups is 1. The molecule has 1 aromatic rings. The van der Waals surface area contributed by atoms with Crippen molar-refractivity contribution in [3.8, 4) is 12.1 Å². The van der Waals surface area contributed by atoms with E-state index in [4.69, 9.17) is 37.9 Å². The molecule has 1 N–H and O–H groups in total. The standard InChI is InChI=1S/C23H35N5O9P2/c1-16(2)28(17(3)4)38(32-10-6-8-24)37-19-12-20(27-13-18(5)21(29)26-22(27)30)36-23(19)14-34-39(31,35-15-23)33-11-7-9-25/h13,16-17,19-20H,6-7,10-12,14-15H2,1-5H3,(H,26,29,30)/t19?,20-,23?,38?,39?/m1/s1. The topological polar surface area (TPSA) is 178 Å². The molecule has 0 amide bonds. The molecule has 16 heteroatoms. The van der Waals surface area contributed by atoms with Gasteiger partial charge in [-0.3, -0.25) is 27.9 Å². The van der Waals surface area contributed by atoms with Crippen LogP contribution in [0.5, 0.6) is 0 Å². The van der Waals surface area contributed by atoms with E-state index < -0.39 is 45.5 Å². The third kappa shape index (κ3) is 7.62. The largest absolute Gasteiger partial charge is 0.475 e. The molecule has 3 atom stereocenters. The molecule has 14 nitrogen and oxygen atoms in total. The number of nitrogens with zero attached hydrogens (tertiary/aromatic N) is 4. The van der Waals surface area contributed by atoms with Crippen molar-refractivity contribution in [1.82, 2.24) is 14.2 Å². The monoisotopic (exact) mass is 587 g/mol. The van der Waals surface area contributed by atoms with Crippen LogP contribution in [0.3, 0.4) is 0 Å². The Hall–Kier alpha value is -1.96. The molecule has 0 aromatic carbocycles. The maximum absolute atomic E-state index is 12.9. The number of aryl methyl sites for hydroxylation is 1. The van der Waals surface area contributed by atoms with E-state index in [1.54, 1.807) is 6.92 Å².